The predicted octanol–water partition coefficient (Wildman–Crippen LogP) is 32.9. The van der Waals surface area contributed by atoms with Crippen LogP contribution in [0.4, 0.5) is 0 Å². The van der Waals surface area contributed by atoms with Gasteiger partial charge in [0.05, 0.1) is 11.0 Å². The van der Waals surface area contributed by atoms with Crippen LogP contribution in [0.25, 0.3) is 27.5 Å². The minimum Gasteiger partial charge on any atom is -0.309 e. The standard InChI is InChI=1S/C22H21N.C18H34Si2.3C12H18.3C11H16/c1-22(2,3)19-14-9-13-18-17-12-7-8-15-20(17)23(21(18)19)16-10-5-4-6-11-16;1-18(2,3)16-13-11-10-12-15(16)14-17(19(4,5)6)20(7,8)9;3*1-9-7-6-8-10(2)11(9)12(3,4)5;3*1-9-7-5-6-8-10(9)11(2,3)4/h4-15H,1-3H3;10-13,17H,14H2,1-9H3;3*6-8H,1-5H3;3*5-8H,1-4H3/i;14D2;;;;;;. The molecule has 1 nitrogen and oxygen atoms in total. The molecule has 112 heavy (non-hydrogen) atoms. The molecule has 606 valence electrons. The number of fused-ring (bicyclic) bond motifs is 3. The highest BCUT2D eigenvalue weighted by molar-refractivity contribution is 6.96. The van der Waals surface area contributed by atoms with Gasteiger partial charge in [-0.3, -0.25) is 0 Å². The molecule has 11 rings (SSSR count). The fourth-order valence-electron chi connectivity index (χ4n) is 16.9. The van der Waals surface area contributed by atoms with Gasteiger partial charge in [-0.2, -0.15) is 0 Å². The Balaban J connectivity index is 0.000000280. The molecule has 0 radical (unpaired) electrons. The van der Waals surface area contributed by atoms with E-state index in [1.165, 1.54) is 117 Å². The minimum absolute atomic E-state index is 0.0344. The van der Waals surface area contributed by atoms with Crippen molar-refractivity contribution < 1.29 is 2.74 Å². The van der Waals surface area contributed by atoms with E-state index in [1.807, 2.05) is 18.2 Å². The molecule has 0 bridgehead atoms. The number of hydrogen-bond donors (Lipinski definition) is 0. The summed E-state index contributed by atoms with van der Waals surface area (Å²) in [5.74, 6) is 0. The van der Waals surface area contributed by atoms with Crippen LogP contribution in [0, 0.1) is 62.3 Å². The lowest BCUT2D eigenvalue weighted by atomic mass is 9.81. The highest BCUT2D eigenvalue weighted by Crippen LogP contribution is 2.41. The van der Waals surface area contributed by atoms with E-state index in [2.05, 4.69) is 479 Å². The maximum absolute atomic E-state index is 9.09. The summed E-state index contributed by atoms with van der Waals surface area (Å²) >= 11 is 0. The van der Waals surface area contributed by atoms with Gasteiger partial charge in [0.15, 0.2) is 0 Å². The summed E-state index contributed by atoms with van der Waals surface area (Å²) in [5.41, 5.74) is 30.4. The lowest BCUT2D eigenvalue weighted by Crippen LogP contribution is -2.45. The second kappa shape index (κ2) is 39.7. The topological polar surface area (TPSA) is 4.93 Å². The van der Waals surface area contributed by atoms with Gasteiger partial charge in [0.1, 0.15) is 0 Å². The Bertz CT molecular complexity index is 4480. The van der Waals surface area contributed by atoms with E-state index in [-0.39, 0.29) is 48.5 Å². The maximum atomic E-state index is 9.09. The van der Waals surface area contributed by atoms with Crippen LogP contribution in [0.3, 0.4) is 0 Å². The average Bonchev–Trinajstić information content (AvgIpc) is 1.54. The third-order valence-electron chi connectivity index (χ3n) is 20.8. The quantitative estimate of drug-likeness (QED) is 0.151. The Morgan fingerprint density at radius 3 is 0.768 bits per heavy atom. The van der Waals surface area contributed by atoms with Crippen molar-refractivity contribution in [2.45, 2.75) is 323 Å². The SMILES string of the molecule is CC(C)(C)c1cccc2c3ccccc3n(-c3ccccc3)c12.Cc1cccc(C)c1C(C)(C)C.Cc1cccc(C)c1C(C)(C)C.Cc1cccc(C)c1C(C)(C)C.Cc1ccccc1C(C)(C)C.Cc1ccccc1C(C)(C)C.Cc1ccccc1C(C)(C)C.[2H]C([2H])(c1ccccc1C(C)(C)C)C([Si](C)(C)C)[Si](C)(C)C. The molecule has 0 aliphatic carbocycles. The zero-order valence-electron chi connectivity index (χ0n) is 80.4. The van der Waals surface area contributed by atoms with Gasteiger partial charge < -0.3 is 4.57 Å². The van der Waals surface area contributed by atoms with Gasteiger partial charge in [0, 0.05) is 35.3 Å². The molecule has 0 amide bonds. The molecule has 0 aliphatic rings. The normalized spacial score (nSPS) is 12.6. The summed E-state index contributed by atoms with van der Waals surface area (Å²) < 4.78 is 20.6. The van der Waals surface area contributed by atoms with Crippen LogP contribution < -0.4 is 0 Å². The zero-order chi connectivity index (χ0) is 87.1. The largest absolute Gasteiger partial charge is 0.309 e. The highest BCUT2D eigenvalue weighted by Gasteiger charge is 2.38. The number of aromatic nitrogens is 1. The van der Waals surface area contributed by atoms with Crippen molar-refractivity contribution in [1.29, 1.82) is 0 Å². The number of rotatable bonds is 5. The first-order valence-electron chi connectivity index (χ1n) is 42.6. The monoisotopic (exact) mass is 1540 g/mol. The van der Waals surface area contributed by atoms with Gasteiger partial charge in [0.25, 0.3) is 0 Å². The van der Waals surface area contributed by atoms with Crippen LogP contribution in [0.15, 0.2) is 224 Å². The minimum atomic E-state index is -1.64. The molecule has 0 spiro atoms. The molecule has 0 saturated heterocycles. The Morgan fingerprint density at radius 1 is 0.250 bits per heavy atom. The summed E-state index contributed by atoms with van der Waals surface area (Å²) in [6.45, 7) is 87.6. The number of para-hydroxylation sites is 3. The average molecular weight is 1540 g/mol. The smallest absolute Gasteiger partial charge is 0.0578 e. The first-order chi connectivity index (χ1) is 52.0. The van der Waals surface area contributed by atoms with E-state index < -0.39 is 22.5 Å². The summed E-state index contributed by atoms with van der Waals surface area (Å²) in [4.78, 5) is 0. The molecule has 0 aliphatic heterocycles. The van der Waals surface area contributed by atoms with Crippen molar-refractivity contribution >= 4 is 38.0 Å². The fraction of sp³-hybridized carbons (Fsp3) is 0.450. The van der Waals surface area contributed by atoms with E-state index in [4.69, 9.17) is 2.74 Å². The molecule has 0 fully saturated rings. The second-order valence-electron chi connectivity index (χ2n) is 42.0. The molecule has 0 atom stereocenters. The number of nitrogens with zero attached hydrogens (tertiary/aromatic N) is 1. The van der Waals surface area contributed by atoms with E-state index >= 15 is 0 Å². The van der Waals surface area contributed by atoms with Crippen LogP contribution in [0.2, 0.25) is 44.4 Å². The lowest BCUT2D eigenvalue weighted by molar-refractivity contribution is 0.581. The Kier molecular flexibility index (Phi) is 33.0. The first-order valence-corrected chi connectivity index (χ1v) is 48.7. The molecular formula is C109H157NSi2. The van der Waals surface area contributed by atoms with Gasteiger partial charge in [-0.1, -0.05) is 412 Å². The predicted molar refractivity (Wildman–Crippen MR) is 512 cm³/mol. The number of hydrogen-bond acceptors (Lipinski definition) is 0. The van der Waals surface area contributed by atoms with Crippen molar-refractivity contribution in [3.8, 4) is 5.69 Å². The third kappa shape index (κ3) is 28.8. The van der Waals surface area contributed by atoms with Crippen molar-refractivity contribution in [1.82, 2.24) is 4.57 Å². The van der Waals surface area contributed by atoms with Crippen LogP contribution in [-0.4, -0.2) is 20.7 Å². The Morgan fingerprint density at radius 2 is 0.491 bits per heavy atom. The molecule has 10 aromatic carbocycles. The van der Waals surface area contributed by atoms with Crippen LogP contribution >= 0.6 is 0 Å². The third-order valence-corrected chi connectivity index (χ3v) is 29.8. The Hall–Kier alpha value is -7.57. The molecule has 11 aromatic rings. The second-order valence-corrected chi connectivity index (χ2v) is 53.2. The van der Waals surface area contributed by atoms with E-state index in [9.17, 15) is 0 Å². The molecule has 0 unspecified atom stereocenters. The zero-order valence-corrected chi connectivity index (χ0v) is 80.4. The van der Waals surface area contributed by atoms with Gasteiger partial charge in [-0.25, -0.2) is 0 Å². The van der Waals surface area contributed by atoms with Gasteiger partial charge >= 0.3 is 0 Å². The van der Waals surface area contributed by atoms with E-state index in [1.54, 1.807) is 0 Å². The summed E-state index contributed by atoms with van der Waals surface area (Å²) in [6, 6.07) is 79.4. The van der Waals surface area contributed by atoms with Crippen molar-refractivity contribution in [2.75, 3.05) is 0 Å². The van der Waals surface area contributed by atoms with Gasteiger partial charge in [0.2, 0.25) is 0 Å². The van der Waals surface area contributed by atoms with Crippen molar-refractivity contribution in [2.24, 2.45) is 0 Å². The van der Waals surface area contributed by atoms with Gasteiger partial charge in [-0.15, -0.1) is 0 Å². The highest BCUT2D eigenvalue weighted by atomic mass is 28.4. The molecule has 0 saturated carbocycles. The molecule has 1 aromatic heterocycles. The van der Waals surface area contributed by atoms with Crippen LogP contribution in [-0.2, 0) is 49.7 Å². The molecular weight excluding hydrogens is 1380 g/mol. The maximum Gasteiger partial charge on any atom is 0.0578 e. The van der Waals surface area contributed by atoms with Crippen molar-refractivity contribution in [3.63, 3.8) is 0 Å². The molecule has 3 heteroatoms. The van der Waals surface area contributed by atoms with Crippen LogP contribution in [0.1, 0.15) is 269 Å². The Labute approximate surface area is 693 Å². The molecule has 0 N–H and O–H groups in total. The number of aryl methyl sites for hydroxylation is 9. The summed E-state index contributed by atoms with van der Waals surface area (Å²) in [6.07, 6.45) is -1.25. The first kappa shape index (κ1) is 93.3. The fourth-order valence-corrected chi connectivity index (χ4v) is 28.4. The lowest BCUT2D eigenvalue weighted by Gasteiger charge is -2.39. The summed E-state index contributed by atoms with van der Waals surface area (Å²) in [5, 5.41) is 2.84. The van der Waals surface area contributed by atoms with E-state index in [0.29, 0.717) is 0 Å². The summed E-state index contributed by atoms with van der Waals surface area (Å²) in [7, 11) is -3.27. The van der Waals surface area contributed by atoms with Gasteiger partial charge in [-0.05, 0) is 236 Å². The number of benzene rings is 10. The van der Waals surface area contributed by atoms with Crippen molar-refractivity contribution in [3.05, 3.63) is 325 Å². The van der Waals surface area contributed by atoms with E-state index in [0.717, 1.165) is 11.1 Å². The van der Waals surface area contributed by atoms with Crippen LogP contribution in [0.5, 0.6) is 0 Å². The molecule has 1 heterocycles.